The summed E-state index contributed by atoms with van der Waals surface area (Å²) in [6, 6.07) is 10.0. The van der Waals surface area contributed by atoms with Crippen LogP contribution in [0.3, 0.4) is 0 Å². The molecule has 2 aliphatic rings. The summed E-state index contributed by atoms with van der Waals surface area (Å²) in [5, 5.41) is 18.2. The number of anilines is 3. The van der Waals surface area contributed by atoms with E-state index in [-0.39, 0.29) is 10.6 Å². The Morgan fingerprint density at radius 3 is 2.69 bits per heavy atom. The van der Waals surface area contributed by atoms with Gasteiger partial charge in [-0.25, -0.2) is 9.97 Å². The van der Waals surface area contributed by atoms with Crippen LogP contribution in [0.25, 0.3) is 11.3 Å². The van der Waals surface area contributed by atoms with E-state index < -0.39 is 13.7 Å². The molecule has 219 valence electrons. The molecule has 5 rings (SSSR count). The smallest absolute Gasteiger partial charge is 0.329 e. The van der Waals surface area contributed by atoms with E-state index in [9.17, 15) is 10.1 Å². The number of nitrogens with zero attached hydrogens (tertiary/aromatic N) is 6. The Morgan fingerprint density at radius 1 is 1.24 bits per heavy atom. The number of hydrogen-bond donors (Lipinski definition) is 1. The van der Waals surface area contributed by atoms with Crippen molar-refractivity contribution in [3.63, 3.8) is 0 Å². The molecule has 0 saturated carbocycles. The predicted molar refractivity (Wildman–Crippen MR) is 167 cm³/mol. The molecule has 0 saturated heterocycles. The number of aromatic nitrogens is 4. The van der Waals surface area contributed by atoms with Crippen LogP contribution in [0.15, 0.2) is 30.5 Å². The Bertz CT molecular complexity index is 1560. The Kier molecular flexibility index (Phi) is 7.58. The molecule has 0 bridgehead atoms. The molecule has 1 radical (unpaired) electrons. The molecule has 2 aromatic heterocycles. The minimum absolute atomic E-state index is 0.0565. The van der Waals surface area contributed by atoms with Crippen LogP contribution in [0.5, 0.6) is 0 Å². The molecule has 10 nitrogen and oxygen atoms in total. The molecule has 0 fully saturated rings. The van der Waals surface area contributed by atoms with Crippen molar-refractivity contribution in [1.82, 2.24) is 19.7 Å². The van der Waals surface area contributed by atoms with Crippen LogP contribution in [-0.4, -0.2) is 60.4 Å². The molecule has 0 aliphatic carbocycles. The molecule has 0 spiro atoms. The first-order valence-corrected chi connectivity index (χ1v) is 17.1. The van der Waals surface area contributed by atoms with Crippen LogP contribution in [0, 0.1) is 11.3 Å². The maximum Gasteiger partial charge on any atom is 0.329 e. The molecule has 1 N–H and O–H groups in total. The van der Waals surface area contributed by atoms with Crippen molar-refractivity contribution >= 4 is 39.4 Å². The summed E-state index contributed by atoms with van der Waals surface area (Å²) >= 11 is 0. The number of carbonyl (C=O) groups is 1. The van der Waals surface area contributed by atoms with Crippen LogP contribution in [0.2, 0.25) is 18.1 Å². The summed E-state index contributed by atoms with van der Waals surface area (Å²) < 4.78 is 14.5. The average molecular weight is 585 g/mol. The van der Waals surface area contributed by atoms with Crippen LogP contribution >= 0.6 is 0 Å². The summed E-state index contributed by atoms with van der Waals surface area (Å²) in [6.07, 6.45) is 2.46. The van der Waals surface area contributed by atoms with Crippen molar-refractivity contribution in [2.75, 3.05) is 23.3 Å². The van der Waals surface area contributed by atoms with E-state index in [0.717, 1.165) is 28.7 Å². The highest BCUT2D eigenvalue weighted by Crippen LogP contribution is 2.46. The van der Waals surface area contributed by atoms with Crippen molar-refractivity contribution in [3.8, 4) is 17.3 Å². The Morgan fingerprint density at radius 2 is 2.00 bits per heavy atom. The van der Waals surface area contributed by atoms with Gasteiger partial charge in [0, 0.05) is 42.1 Å². The van der Waals surface area contributed by atoms with E-state index in [2.05, 4.69) is 68.3 Å². The predicted octanol–water partition coefficient (Wildman–Crippen LogP) is 5.17. The van der Waals surface area contributed by atoms with E-state index in [0.29, 0.717) is 49.3 Å². The van der Waals surface area contributed by atoms with Gasteiger partial charge in [-0.3, -0.25) is 4.68 Å². The molecular weight excluding hydrogens is 545 g/mol. The van der Waals surface area contributed by atoms with E-state index in [1.165, 1.54) is 7.41 Å². The van der Waals surface area contributed by atoms with Gasteiger partial charge >= 0.3 is 7.41 Å². The van der Waals surface area contributed by atoms with Gasteiger partial charge in [0.05, 0.1) is 35.7 Å². The quantitative estimate of drug-likeness (QED) is 0.283. The molecule has 42 heavy (non-hydrogen) atoms. The van der Waals surface area contributed by atoms with Gasteiger partial charge < -0.3 is 24.1 Å². The van der Waals surface area contributed by atoms with Crippen molar-refractivity contribution in [2.45, 2.75) is 83.8 Å². The van der Waals surface area contributed by atoms with Crippen LogP contribution < -0.4 is 10.1 Å². The van der Waals surface area contributed by atoms with Gasteiger partial charge in [0.1, 0.15) is 12.3 Å². The zero-order valence-electron chi connectivity index (χ0n) is 25.8. The second-order valence-electron chi connectivity index (χ2n) is 13.7. The van der Waals surface area contributed by atoms with E-state index in [1.54, 1.807) is 6.20 Å². The van der Waals surface area contributed by atoms with Gasteiger partial charge in [-0.05, 0) is 55.7 Å². The Labute approximate surface area is 249 Å². The lowest BCUT2D eigenvalue weighted by Gasteiger charge is -2.39. The normalized spacial score (nSPS) is 19.5. The number of nitriles is 1. The topological polar surface area (TPSA) is 118 Å². The summed E-state index contributed by atoms with van der Waals surface area (Å²) in [5.74, 6) is 1.05. The summed E-state index contributed by atoms with van der Waals surface area (Å²) in [4.78, 5) is 22.6. The maximum absolute atomic E-state index is 11.6. The third-order valence-corrected chi connectivity index (χ3v) is 13.2. The van der Waals surface area contributed by atoms with E-state index in [4.69, 9.17) is 14.1 Å². The number of benzene rings is 1. The van der Waals surface area contributed by atoms with E-state index >= 15 is 0 Å². The Hall–Kier alpha value is -3.53. The fourth-order valence-electron chi connectivity index (χ4n) is 5.20. The highest BCUT2D eigenvalue weighted by Gasteiger charge is 2.44. The molecule has 1 unspecified atom stereocenters. The number of carbonyl (C=O) groups excluding carboxylic acids is 1. The SMILES string of the molecule is CC1(C)Cn2nc(Nc3nccc(-c4cc(C#N)c5c(c4)C(C)(CO[Si](C)(C)C(C)(C)C)CN5[B]C=O)n3)cc2CO1. The molecule has 0 amide bonds. The summed E-state index contributed by atoms with van der Waals surface area (Å²) in [7, 11) is -0.545. The largest absolute Gasteiger partial charge is 0.416 e. The second kappa shape index (κ2) is 10.6. The lowest BCUT2D eigenvalue weighted by Crippen LogP contribution is -2.46. The number of ether oxygens (including phenoxy) is 1. The lowest BCUT2D eigenvalue weighted by atomic mass is 9.83. The van der Waals surface area contributed by atoms with Crippen LogP contribution in [0.4, 0.5) is 17.5 Å². The highest BCUT2D eigenvalue weighted by atomic mass is 28.4. The molecule has 1 aromatic carbocycles. The maximum atomic E-state index is 11.6. The van der Waals surface area contributed by atoms with Gasteiger partial charge in [-0.2, -0.15) is 10.4 Å². The minimum Gasteiger partial charge on any atom is -0.416 e. The van der Waals surface area contributed by atoms with Crippen molar-refractivity contribution in [2.24, 2.45) is 0 Å². The average Bonchev–Trinajstić information content (AvgIpc) is 3.43. The molecule has 4 heterocycles. The van der Waals surface area contributed by atoms with Crippen molar-refractivity contribution in [1.29, 1.82) is 5.26 Å². The van der Waals surface area contributed by atoms with Gasteiger partial charge in [-0.15, -0.1) is 0 Å². The Balaban J connectivity index is 1.48. The van der Waals surface area contributed by atoms with Crippen molar-refractivity contribution < 1.29 is 14.0 Å². The zero-order valence-corrected chi connectivity index (χ0v) is 26.8. The third-order valence-electron chi connectivity index (χ3n) is 8.68. The first-order chi connectivity index (χ1) is 19.6. The standard InChI is InChI=1S/C30H39BN7O3Si/c1-28(2,3)42(7,8)41-18-30(6)17-37(31-19-39)26-21(14-32)11-20(12-23(26)30)24-9-10-33-27(34-24)35-25-13-22-15-40-29(4,5)16-38(22)36-25/h9-13,19H,15-18H2,1-8H3,(H,33,34,35,36). The molecule has 12 heteroatoms. The zero-order chi connectivity index (χ0) is 30.5. The molecule has 1 atom stereocenters. The first-order valence-electron chi connectivity index (χ1n) is 14.2. The second-order valence-corrected chi connectivity index (χ2v) is 18.5. The number of rotatable bonds is 8. The highest BCUT2D eigenvalue weighted by molar-refractivity contribution is 6.74. The van der Waals surface area contributed by atoms with Crippen LogP contribution in [-0.2, 0) is 32.5 Å². The summed E-state index contributed by atoms with van der Waals surface area (Å²) in [6.45, 7) is 19.5. The number of fused-ring (bicyclic) bond motifs is 2. The van der Waals surface area contributed by atoms with Gasteiger partial charge in [0.25, 0.3) is 0 Å². The van der Waals surface area contributed by atoms with E-state index in [1.807, 2.05) is 41.5 Å². The molecular formula is C30H39BN7O3Si. The summed E-state index contributed by atoms with van der Waals surface area (Å²) in [5.41, 5.74) is 3.93. The van der Waals surface area contributed by atoms with Crippen molar-refractivity contribution in [3.05, 3.63) is 47.3 Å². The number of hydrogen-bond acceptors (Lipinski definition) is 9. The van der Waals surface area contributed by atoms with Gasteiger partial charge in [-0.1, -0.05) is 27.7 Å². The first kappa shape index (κ1) is 29.9. The monoisotopic (exact) mass is 584 g/mol. The third kappa shape index (κ3) is 5.73. The number of nitrogens with one attached hydrogen (secondary N) is 1. The molecule has 2 aliphatic heterocycles. The van der Waals surface area contributed by atoms with Gasteiger partial charge in [0.15, 0.2) is 14.1 Å². The lowest BCUT2D eigenvalue weighted by molar-refractivity contribution is -0.0660. The van der Waals surface area contributed by atoms with Crippen LogP contribution in [0.1, 0.15) is 58.4 Å². The fraction of sp³-hybridized carbons (Fsp3) is 0.500. The fourth-order valence-corrected chi connectivity index (χ4v) is 6.31. The minimum atomic E-state index is -2.05. The molecule has 3 aromatic rings. The van der Waals surface area contributed by atoms with Gasteiger partial charge in [0.2, 0.25) is 5.95 Å².